The minimum atomic E-state index is -0.930. The van der Waals surface area contributed by atoms with Crippen LogP contribution in [0.4, 0.5) is 0 Å². The average molecular weight is 336 g/mol. The van der Waals surface area contributed by atoms with E-state index in [0.717, 1.165) is 11.1 Å². The molecule has 0 radical (unpaired) electrons. The summed E-state index contributed by atoms with van der Waals surface area (Å²) in [7, 11) is 1.83. The van der Waals surface area contributed by atoms with Crippen LogP contribution in [0.25, 0.3) is 10.9 Å². The molecular formula is C19H14ClN3O. The van der Waals surface area contributed by atoms with Gasteiger partial charge in [-0.3, -0.25) is 0 Å². The molecule has 0 saturated heterocycles. The van der Waals surface area contributed by atoms with Crippen molar-refractivity contribution >= 4 is 22.5 Å². The van der Waals surface area contributed by atoms with Gasteiger partial charge in [-0.2, -0.15) is 10.5 Å². The molecule has 4 nitrogen and oxygen atoms in total. The monoisotopic (exact) mass is 335 g/mol. The number of aromatic hydroxyl groups is 1. The first kappa shape index (κ1) is 15.9. The predicted molar refractivity (Wildman–Crippen MR) is 92.6 cm³/mol. The van der Waals surface area contributed by atoms with Crippen LogP contribution in [0.5, 0.6) is 5.75 Å². The van der Waals surface area contributed by atoms with Crippen LogP contribution in [0.1, 0.15) is 17.2 Å². The van der Waals surface area contributed by atoms with Gasteiger partial charge in [-0.25, -0.2) is 0 Å². The zero-order valence-electron chi connectivity index (χ0n) is 12.9. The first-order valence-corrected chi connectivity index (χ1v) is 7.77. The standard InChI is InChI=1S/C19H14ClN3O/c1-23-16-5-3-2-4-15(16)19(24)18(23)17(13(10-21)11-22)12-6-8-14(20)9-7-12/h2-9,13,17,24H,1H3. The Morgan fingerprint density at radius 1 is 1.04 bits per heavy atom. The highest BCUT2D eigenvalue weighted by Gasteiger charge is 2.31. The topological polar surface area (TPSA) is 72.7 Å². The number of para-hydroxylation sites is 1. The lowest BCUT2D eigenvalue weighted by Crippen LogP contribution is -2.15. The molecule has 0 saturated carbocycles. The number of halogens is 1. The number of aromatic nitrogens is 1. The molecule has 1 heterocycles. The van der Waals surface area contributed by atoms with Gasteiger partial charge in [-0.15, -0.1) is 0 Å². The van der Waals surface area contributed by atoms with Crippen LogP contribution in [0.3, 0.4) is 0 Å². The molecule has 1 N–H and O–H groups in total. The number of fused-ring (bicyclic) bond motifs is 1. The number of nitrogens with zero attached hydrogens (tertiary/aromatic N) is 3. The second-order valence-corrected chi connectivity index (χ2v) is 6.01. The van der Waals surface area contributed by atoms with E-state index >= 15 is 0 Å². The normalized spacial score (nSPS) is 12.0. The SMILES string of the molecule is Cn1c(C(c2ccc(Cl)cc2)C(C#N)C#N)c(O)c2ccccc21. The summed E-state index contributed by atoms with van der Waals surface area (Å²) in [5, 5.41) is 30.9. The molecule has 0 fully saturated rings. The van der Waals surface area contributed by atoms with Crippen molar-refractivity contribution in [1.82, 2.24) is 4.57 Å². The lowest BCUT2D eigenvalue weighted by molar-refractivity contribution is 0.461. The summed E-state index contributed by atoms with van der Waals surface area (Å²) in [6.45, 7) is 0. The van der Waals surface area contributed by atoms with E-state index in [4.69, 9.17) is 11.6 Å². The van der Waals surface area contributed by atoms with Gasteiger partial charge in [0.1, 0.15) is 11.7 Å². The molecule has 0 aliphatic heterocycles. The third kappa shape index (κ3) is 2.48. The van der Waals surface area contributed by atoms with Crippen molar-refractivity contribution in [2.45, 2.75) is 5.92 Å². The second-order valence-electron chi connectivity index (χ2n) is 5.58. The summed E-state index contributed by atoms with van der Waals surface area (Å²) in [5.41, 5.74) is 2.15. The molecule has 0 spiro atoms. The van der Waals surface area contributed by atoms with Crippen LogP contribution in [-0.4, -0.2) is 9.67 Å². The van der Waals surface area contributed by atoms with Gasteiger partial charge in [-0.05, 0) is 29.8 Å². The van der Waals surface area contributed by atoms with Gasteiger partial charge >= 0.3 is 0 Å². The van der Waals surface area contributed by atoms with Crippen LogP contribution in [-0.2, 0) is 7.05 Å². The number of rotatable bonds is 3. The maximum absolute atomic E-state index is 10.7. The Bertz CT molecular complexity index is 924. The Kier molecular flexibility index (Phi) is 4.16. The summed E-state index contributed by atoms with van der Waals surface area (Å²) in [4.78, 5) is 0. The third-order valence-corrected chi connectivity index (χ3v) is 4.51. The molecule has 0 amide bonds. The molecule has 3 aromatic rings. The van der Waals surface area contributed by atoms with Crippen molar-refractivity contribution in [1.29, 1.82) is 10.5 Å². The van der Waals surface area contributed by atoms with Crippen molar-refractivity contribution in [3.63, 3.8) is 0 Å². The van der Waals surface area contributed by atoms with E-state index in [0.29, 0.717) is 16.1 Å². The van der Waals surface area contributed by atoms with E-state index < -0.39 is 11.8 Å². The highest BCUT2D eigenvalue weighted by Crippen LogP contribution is 2.42. The number of benzene rings is 2. The molecule has 0 bridgehead atoms. The molecule has 1 unspecified atom stereocenters. The number of aryl methyl sites for hydroxylation is 1. The number of hydrogen-bond donors (Lipinski definition) is 1. The summed E-state index contributed by atoms with van der Waals surface area (Å²) in [6.07, 6.45) is 0. The summed E-state index contributed by atoms with van der Waals surface area (Å²) >= 11 is 5.95. The van der Waals surface area contributed by atoms with Gasteiger partial charge < -0.3 is 9.67 Å². The minimum absolute atomic E-state index is 0.101. The van der Waals surface area contributed by atoms with Gasteiger partial charge in [0, 0.05) is 17.5 Å². The summed E-state index contributed by atoms with van der Waals surface area (Å²) < 4.78 is 1.84. The van der Waals surface area contributed by atoms with Crippen LogP contribution in [0.2, 0.25) is 5.02 Å². The Labute approximate surface area is 144 Å². The molecular weight excluding hydrogens is 322 g/mol. The molecule has 24 heavy (non-hydrogen) atoms. The van der Waals surface area contributed by atoms with Crippen LogP contribution >= 0.6 is 11.6 Å². The maximum Gasteiger partial charge on any atom is 0.145 e. The minimum Gasteiger partial charge on any atom is -0.505 e. The van der Waals surface area contributed by atoms with Crippen molar-refractivity contribution in [2.75, 3.05) is 0 Å². The molecule has 118 valence electrons. The molecule has 1 atom stereocenters. The van der Waals surface area contributed by atoms with Gasteiger partial charge in [-0.1, -0.05) is 35.9 Å². The Hall–Kier alpha value is -2.95. The van der Waals surface area contributed by atoms with Crippen molar-refractivity contribution in [3.8, 4) is 17.9 Å². The van der Waals surface area contributed by atoms with Crippen LogP contribution in [0, 0.1) is 28.6 Å². The van der Waals surface area contributed by atoms with Crippen LogP contribution < -0.4 is 0 Å². The quantitative estimate of drug-likeness (QED) is 0.774. The Balaban J connectivity index is 2.29. The summed E-state index contributed by atoms with van der Waals surface area (Å²) in [6, 6.07) is 18.5. The zero-order chi connectivity index (χ0) is 17.3. The third-order valence-electron chi connectivity index (χ3n) is 4.26. The highest BCUT2D eigenvalue weighted by molar-refractivity contribution is 6.30. The van der Waals surface area contributed by atoms with E-state index in [2.05, 4.69) is 0 Å². The molecule has 0 aliphatic carbocycles. The fourth-order valence-corrected chi connectivity index (χ4v) is 3.23. The number of hydrogen-bond acceptors (Lipinski definition) is 3. The Morgan fingerprint density at radius 3 is 2.25 bits per heavy atom. The predicted octanol–water partition coefficient (Wildman–Crippen LogP) is 4.33. The lowest BCUT2D eigenvalue weighted by Gasteiger charge is -2.20. The number of nitriles is 2. The van der Waals surface area contributed by atoms with Crippen molar-refractivity contribution < 1.29 is 5.11 Å². The van der Waals surface area contributed by atoms with Gasteiger partial charge in [0.05, 0.1) is 29.3 Å². The largest absolute Gasteiger partial charge is 0.505 e. The van der Waals surface area contributed by atoms with E-state index in [1.54, 1.807) is 24.3 Å². The molecule has 0 aliphatic rings. The van der Waals surface area contributed by atoms with Gasteiger partial charge in [0.2, 0.25) is 0 Å². The Morgan fingerprint density at radius 2 is 1.67 bits per heavy atom. The van der Waals surface area contributed by atoms with E-state index in [9.17, 15) is 15.6 Å². The smallest absolute Gasteiger partial charge is 0.145 e. The fraction of sp³-hybridized carbons (Fsp3) is 0.158. The van der Waals surface area contributed by atoms with Crippen LogP contribution in [0.15, 0.2) is 48.5 Å². The van der Waals surface area contributed by atoms with E-state index in [1.165, 1.54) is 0 Å². The second kappa shape index (κ2) is 6.28. The molecule has 5 heteroatoms. The average Bonchev–Trinajstić information content (AvgIpc) is 2.85. The molecule has 3 rings (SSSR count). The van der Waals surface area contributed by atoms with Crippen molar-refractivity contribution in [2.24, 2.45) is 13.0 Å². The molecule has 1 aromatic heterocycles. The molecule has 2 aromatic carbocycles. The summed E-state index contributed by atoms with van der Waals surface area (Å²) in [5.74, 6) is -1.40. The van der Waals surface area contributed by atoms with E-state index in [-0.39, 0.29) is 5.75 Å². The van der Waals surface area contributed by atoms with Crippen molar-refractivity contribution in [3.05, 3.63) is 64.8 Å². The van der Waals surface area contributed by atoms with Gasteiger partial charge in [0.15, 0.2) is 0 Å². The lowest BCUT2D eigenvalue weighted by atomic mass is 9.84. The van der Waals surface area contributed by atoms with Gasteiger partial charge in [0.25, 0.3) is 0 Å². The fourth-order valence-electron chi connectivity index (χ4n) is 3.11. The van der Waals surface area contributed by atoms with E-state index in [1.807, 2.05) is 48.0 Å². The first-order chi connectivity index (χ1) is 11.6. The highest BCUT2D eigenvalue weighted by atomic mass is 35.5. The first-order valence-electron chi connectivity index (χ1n) is 7.39. The maximum atomic E-state index is 10.7. The zero-order valence-corrected chi connectivity index (χ0v) is 13.7.